The molecule has 0 saturated heterocycles. The Kier molecular flexibility index (Phi) is 2.87. The molecule has 4 nitrogen and oxygen atoms in total. The predicted molar refractivity (Wildman–Crippen MR) is 40.8 cm³/mol. The van der Waals surface area contributed by atoms with Crippen molar-refractivity contribution in [3.63, 3.8) is 0 Å². The summed E-state index contributed by atoms with van der Waals surface area (Å²) < 4.78 is 0. The van der Waals surface area contributed by atoms with Crippen LogP contribution in [0.2, 0.25) is 0 Å². The van der Waals surface area contributed by atoms with Gasteiger partial charge in [-0.1, -0.05) is 6.08 Å². The largest absolute Gasteiger partial charge is 0.378 e. The van der Waals surface area contributed by atoms with Gasteiger partial charge in [-0.3, -0.25) is 15.6 Å². The highest BCUT2D eigenvalue weighted by molar-refractivity contribution is 4.89. The number of allylic oxidation sites excluding steroid dienone is 1. The molecule has 0 radical (unpaired) electrons. The van der Waals surface area contributed by atoms with Crippen molar-refractivity contribution >= 4 is 0 Å². The quantitative estimate of drug-likeness (QED) is 0.485. The van der Waals surface area contributed by atoms with Crippen molar-refractivity contribution in [1.29, 1.82) is 0 Å². The normalized spacial score (nSPS) is 27.2. The van der Waals surface area contributed by atoms with E-state index in [4.69, 9.17) is 5.21 Å². The van der Waals surface area contributed by atoms with Crippen LogP contribution in [-0.2, 0) is 0 Å². The minimum atomic E-state index is -0.533. The van der Waals surface area contributed by atoms with E-state index in [-0.39, 0.29) is 5.92 Å². The molecule has 11 heavy (non-hydrogen) atoms. The summed E-state index contributed by atoms with van der Waals surface area (Å²) in [5.74, 6) is 0.0787. The lowest BCUT2D eigenvalue weighted by Crippen LogP contribution is -2.40. The number of aliphatic hydroxyl groups excluding tert-OH is 1. The van der Waals surface area contributed by atoms with E-state index in [1.807, 2.05) is 6.08 Å². The van der Waals surface area contributed by atoms with Crippen molar-refractivity contribution < 1.29 is 10.3 Å². The van der Waals surface area contributed by atoms with E-state index in [2.05, 4.69) is 5.32 Å². The fourth-order valence-electron chi connectivity index (χ4n) is 1.20. The van der Waals surface area contributed by atoms with Crippen molar-refractivity contribution in [1.82, 2.24) is 10.4 Å². The lowest BCUT2D eigenvalue weighted by atomic mass is 10.0. The summed E-state index contributed by atoms with van der Waals surface area (Å²) in [5.41, 5.74) is 0. The number of nitrogens with one attached hydrogen (secondary N) is 1. The van der Waals surface area contributed by atoms with Crippen molar-refractivity contribution in [2.75, 3.05) is 13.6 Å². The Morgan fingerprint density at radius 2 is 2.45 bits per heavy atom. The van der Waals surface area contributed by atoms with Crippen LogP contribution in [0.25, 0.3) is 0 Å². The van der Waals surface area contributed by atoms with Crippen molar-refractivity contribution in [2.24, 2.45) is 5.92 Å². The zero-order valence-corrected chi connectivity index (χ0v) is 6.57. The zero-order chi connectivity index (χ0) is 8.27. The SMILES string of the molecule is CNC(O)C1CC=CN(O)C1. The van der Waals surface area contributed by atoms with E-state index in [1.54, 1.807) is 13.2 Å². The summed E-state index contributed by atoms with van der Waals surface area (Å²) in [4.78, 5) is 0. The first-order valence-corrected chi connectivity index (χ1v) is 3.71. The smallest absolute Gasteiger partial charge is 0.109 e. The molecule has 0 aliphatic carbocycles. The first kappa shape index (κ1) is 8.52. The third-order valence-electron chi connectivity index (χ3n) is 1.88. The molecule has 2 atom stereocenters. The molecule has 0 fully saturated rings. The van der Waals surface area contributed by atoms with Crippen LogP contribution >= 0.6 is 0 Å². The van der Waals surface area contributed by atoms with Crippen molar-refractivity contribution in [3.8, 4) is 0 Å². The number of hydrogen-bond donors (Lipinski definition) is 3. The summed E-state index contributed by atoms with van der Waals surface area (Å²) in [6.07, 6.45) is 3.72. The average molecular weight is 158 g/mol. The Balaban J connectivity index is 2.42. The molecule has 0 bridgehead atoms. The van der Waals surface area contributed by atoms with Crippen LogP contribution in [0.3, 0.4) is 0 Å². The molecule has 64 valence electrons. The topological polar surface area (TPSA) is 55.7 Å². The number of hydroxylamine groups is 2. The monoisotopic (exact) mass is 158 g/mol. The second-order valence-electron chi connectivity index (χ2n) is 2.74. The van der Waals surface area contributed by atoms with Gasteiger partial charge in [0.15, 0.2) is 0 Å². The van der Waals surface area contributed by atoms with Gasteiger partial charge in [0.1, 0.15) is 6.23 Å². The molecule has 0 aromatic carbocycles. The highest BCUT2D eigenvalue weighted by Gasteiger charge is 2.20. The third-order valence-corrected chi connectivity index (χ3v) is 1.88. The molecule has 2 unspecified atom stereocenters. The van der Waals surface area contributed by atoms with Gasteiger partial charge in [0.25, 0.3) is 0 Å². The second-order valence-corrected chi connectivity index (χ2v) is 2.74. The Hall–Kier alpha value is -0.580. The van der Waals surface area contributed by atoms with Crippen LogP contribution < -0.4 is 5.32 Å². The summed E-state index contributed by atoms with van der Waals surface area (Å²) in [6.45, 7) is 0.485. The summed E-state index contributed by atoms with van der Waals surface area (Å²) in [7, 11) is 1.70. The highest BCUT2D eigenvalue weighted by atomic mass is 16.5. The predicted octanol–water partition coefficient (Wildman–Crippen LogP) is -0.251. The second kappa shape index (κ2) is 3.71. The van der Waals surface area contributed by atoms with E-state index in [9.17, 15) is 5.11 Å². The van der Waals surface area contributed by atoms with Gasteiger partial charge in [0.05, 0.1) is 6.54 Å². The molecule has 1 heterocycles. The lowest BCUT2D eigenvalue weighted by Gasteiger charge is -2.27. The van der Waals surface area contributed by atoms with Gasteiger partial charge in [-0.25, -0.2) is 0 Å². The van der Waals surface area contributed by atoms with Gasteiger partial charge in [0, 0.05) is 12.1 Å². The van der Waals surface area contributed by atoms with Crippen molar-refractivity contribution in [2.45, 2.75) is 12.6 Å². The van der Waals surface area contributed by atoms with Crippen LogP contribution in [0, 0.1) is 5.92 Å². The summed E-state index contributed by atoms with van der Waals surface area (Å²) in [5, 5.41) is 22.2. The maximum Gasteiger partial charge on any atom is 0.109 e. The number of nitrogens with zero attached hydrogens (tertiary/aromatic N) is 1. The molecule has 0 spiro atoms. The van der Waals surface area contributed by atoms with Gasteiger partial charge in [-0.05, 0) is 13.5 Å². The first-order valence-electron chi connectivity index (χ1n) is 3.71. The molecule has 0 aromatic heterocycles. The maximum absolute atomic E-state index is 9.32. The number of rotatable bonds is 2. The molecule has 0 amide bonds. The third kappa shape index (κ3) is 2.18. The van der Waals surface area contributed by atoms with E-state index in [1.165, 1.54) is 0 Å². The van der Waals surface area contributed by atoms with Gasteiger partial charge >= 0.3 is 0 Å². The van der Waals surface area contributed by atoms with E-state index < -0.39 is 6.23 Å². The molecule has 1 aliphatic heterocycles. The highest BCUT2D eigenvalue weighted by Crippen LogP contribution is 2.14. The molecule has 1 rings (SSSR count). The minimum absolute atomic E-state index is 0.0787. The molecule has 4 heteroatoms. The first-order chi connectivity index (χ1) is 5.24. The molecule has 1 aliphatic rings. The summed E-state index contributed by atoms with van der Waals surface area (Å²) in [6, 6.07) is 0. The van der Waals surface area contributed by atoms with Gasteiger partial charge in [-0.2, -0.15) is 0 Å². The molecular weight excluding hydrogens is 144 g/mol. The van der Waals surface area contributed by atoms with Gasteiger partial charge in [0.2, 0.25) is 0 Å². The molecule has 0 aromatic rings. The number of hydrogen-bond acceptors (Lipinski definition) is 4. The van der Waals surface area contributed by atoms with Crippen LogP contribution in [0.5, 0.6) is 0 Å². The summed E-state index contributed by atoms with van der Waals surface area (Å²) >= 11 is 0. The molecule has 0 saturated carbocycles. The zero-order valence-electron chi connectivity index (χ0n) is 6.57. The fourth-order valence-corrected chi connectivity index (χ4v) is 1.20. The molecular formula is C7H14N2O2. The average Bonchev–Trinajstić information content (AvgIpc) is 2.03. The molecule has 3 N–H and O–H groups in total. The Bertz CT molecular complexity index is 149. The van der Waals surface area contributed by atoms with E-state index in [0.717, 1.165) is 11.5 Å². The Morgan fingerprint density at radius 3 is 3.00 bits per heavy atom. The van der Waals surface area contributed by atoms with Crippen LogP contribution in [0.4, 0.5) is 0 Å². The maximum atomic E-state index is 9.32. The van der Waals surface area contributed by atoms with Crippen LogP contribution in [-0.4, -0.2) is 35.2 Å². The van der Waals surface area contributed by atoms with E-state index >= 15 is 0 Å². The van der Waals surface area contributed by atoms with Crippen LogP contribution in [0.15, 0.2) is 12.3 Å². The minimum Gasteiger partial charge on any atom is -0.378 e. The van der Waals surface area contributed by atoms with Gasteiger partial charge < -0.3 is 5.11 Å². The van der Waals surface area contributed by atoms with E-state index in [0.29, 0.717) is 6.54 Å². The lowest BCUT2D eigenvalue weighted by molar-refractivity contribution is -0.0775. The fraction of sp³-hybridized carbons (Fsp3) is 0.714. The standard InChI is InChI=1S/C7H14N2O2/c1-8-7(10)6-3-2-4-9(11)5-6/h2,4,6-8,10-11H,3,5H2,1H3. The van der Waals surface area contributed by atoms with Crippen LogP contribution in [0.1, 0.15) is 6.42 Å². The Labute approximate surface area is 66.1 Å². The van der Waals surface area contributed by atoms with Gasteiger partial charge in [-0.15, -0.1) is 0 Å². The number of aliphatic hydroxyl groups is 1. The van der Waals surface area contributed by atoms with Crippen molar-refractivity contribution in [3.05, 3.63) is 12.3 Å². The Morgan fingerprint density at radius 1 is 1.73 bits per heavy atom.